The summed E-state index contributed by atoms with van der Waals surface area (Å²) in [4.78, 5) is 14.1. The van der Waals surface area contributed by atoms with Crippen molar-refractivity contribution in [1.82, 2.24) is 10.2 Å². The molecule has 1 aliphatic heterocycles. The summed E-state index contributed by atoms with van der Waals surface area (Å²) in [7, 11) is 0. The Kier molecular flexibility index (Phi) is 4.81. The zero-order chi connectivity index (χ0) is 16.5. The number of aliphatic hydroxyl groups is 1. The number of hydrogen-bond acceptors (Lipinski definition) is 2. The van der Waals surface area contributed by atoms with E-state index in [0.717, 1.165) is 25.7 Å². The topological polar surface area (TPSA) is 52.6 Å². The Morgan fingerprint density at radius 1 is 1.13 bits per heavy atom. The fourth-order valence-electron chi connectivity index (χ4n) is 4.40. The molecule has 3 fully saturated rings. The number of carbonyl (C=O) groups excluding carboxylic acids is 1. The van der Waals surface area contributed by atoms with Crippen LogP contribution in [0.3, 0.4) is 0 Å². The Balaban J connectivity index is 1.44. The lowest BCUT2D eigenvalue weighted by molar-refractivity contribution is -0.0871. The van der Waals surface area contributed by atoms with E-state index in [1.165, 1.54) is 0 Å². The van der Waals surface area contributed by atoms with Gasteiger partial charge in [0.2, 0.25) is 5.92 Å². The highest BCUT2D eigenvalue weighted by Crippen LogP contribution is 2.40. The van der Waals surface area contributed by atoms with Gasteiger partial charge in [0.05, 0.1) is 5.60 Å². The molecule has 0 unspecified atom stereocenters. The number of nitrogens with one attached hydrogen (secondary N) is 1. The molecule has 0 spiro atoms. The third-order valence-electron chi connectivity index (χ3n) is 6.09. The molecule has 2 N–H and O–H groups in total. The molecule has 3 rings (SSSR count). The van der Waals surface area contributed by atoms with E-state index < -0.39 is 11.5 Å². The summed E-state index contributed by atoms with van der Waals surface area (Å²) < 4.78 is 26.3. The number of alkyl halides is 2. The maximum Gasteiger partial charge on any atom is 0.317 e. The maximum atomic E-state index is 13.1. The first kappa shape index (κ1) is 16.9. The second-order valence-electron chi connectivity index (χ2n) is 7.73. The van der Waals surface area contributed by atoms with Crippen LogP contribution in [0.1, 0.15) is 57.8 Å². The first-order valence-corrected chi connectivity index (χ1v) is 9.01. The van der Waals surface area contributed by atoms with Crippen LogP contribution < -0.4 is 5.32 Å². The molecule has 2 aliphatic carbocycles. The number of piperidine rings is 1. The van der Waals surface area contributed by atoms with Crippen molar-refractivity contribution in [2.45, 2.75) is 69.3 Å². The molecule has 0 aromatic heterocycles. The van der Waals surface area contributed by atoms with Crippen LogP contribution in [0, 0.1) is 11.8 Å². The molecule has 0 radical (unpaired) electrons. The lowest BCUT2D eigenvalue weighted by Crippen LogP contribution is -2.56. The molecule has 6 heteroatoms. The normalized spacial score (nSPS) is 34.7. The zero-order valence-corrected chi connectivity index (χ0v) is 13.7. The number of likely N-dealkylation sites (tertiary alicyclic amines) is 1. The van der Waals surface area contributed by atoms with E-state index in [9.17, 15) is 18.7 Å². The van der Waals surface area contributed by atoms with Crippen molar-refractivity contribution in [2.75, 3.05) is 19.6 Å². The summed E-state index contributed by atoms with van der Waals surface area (Å²) in [6.45, 7) is 1.69. The van der Waals surface area contributed by atoms with E-state index >= 15 is 0 Å². The number of urea groups is 1. The van der Waals surface area contributed by atoms with E-state index in [0.29, 0.717) is 38.9 Å². The zero-order valence-electron chi connectivity index (χ0n) is 13.7. The van der Waals surface area contributed by atoms with Crippen LogP contribution in [0.5, 0.6) is 0 Å². The minimum absolute atomic E-state index is 0.0631. The van der Waals surface area contributed by atoms with Gasteiger partial charge in [0.25, 0.3) is 0 Å². The smallest absolute Gasteiger partial charge is 0.317 e. The minimum Gasteiger partial charge on any atom is -0.389 e. The van der Waals surface area contributed by atoms with Crippen molar-refractivity contribution in [1.29, 1.82) is 0 Å². The average molecular weight is 330 g/mol. The monoisotopic (exact) mass is 330 g/mol. The van der Waals surface area contributed by atoms with Gasteiger partial charge in [-0.15, -0.1) is 0 Å². The fraction of sp³-hybridized carbons (Fsp3) is 0.941. The molecule has 4 nitrogen and oxygen atoms in total. The number of halogens is 2. The van der Waals surface area contributed by atoms with Crippen LogP contribution in [0.25, 0.3) is 0 Å². The number of nitrogens with zero attached hydrogens (tertiary/aromatic N) is 1. The minimum atomic E-state index is -2.52. The van der Waals surface area contributed by atoms with Crippen LogP contribution in [0.15, 0.2) is 0 Å². The van der Waals surface area contributed by atoms with Crippen LogP contribution in [0.4, 0.5) is 13.6 Å². The summed E-state index contributed by atoms with van der Waals surface area (Å²) in [5.41, 5.74) is -0.579. The third kappa shape index (κ3) is 3.95. The van der Waals surface area contributed by atoms with Crippen molar-refractivity contribution in [3.63, 3.8) is 0 Å². The number of amides is 2. The van der Waals surface area contributed by atoms with Crippen LogP contribution >= 0.6 is 0 Å². The standard InChI is InChI=1S/C17H28F2N2O2/c18-17(19)7-4-13(5-8-17)11-20-15(22)21-10-9-16(23)6-2-1-3-14(16)12-21/h13-14,23H,1-12H2,(H,20,22)/t14-,16+/m1/s1. The second kappa shape index (κ2) is 6.54. The highest BCUT2D eigenvalue weighted by Gasteiger charge is 2.43. The van der Waals surface area contributed by atoms with Gasteiger partial charge in [0.1, 0.15) is 0 Å². The van der Waals surface area contributed by atoms with Gasteiger partial charge in [-0.25, -0.2) is 13.6 Å². The Hall–Kier alpha value is -0.910. The van der Waals surface area contributed by atoms with Gasteiger partial charge in [-0.1, -0.05) is 12.8 Å². The highest BCUT2D eigenvalue weighted by molar-refractivity contribution is 5.74. The fourth-order valence-corrected chi connectivity index (χ4v) is 4.40. The van der Waals surface area contributed by atoms with Crippen LogP contribution in [-0.4, -0.2) is 47.2 Å². The molecule has 0 bridgehead atoms. The SMILES string of the molecule is O=C(NCC1CCC(F)(F)CC1)N1CC[C@@]2(O)CCCC[C@@H]2C1. The first-order chi connectivity index (χ1) is 10.9. The molecule has 2 amide bonds. The van der Waals surface area contributed by atoms with E-state index in [1.807, 2.05) is 0 Å². The quantitative estimate of drug-likeness (QED) is 0.817. The van der Waals surface area contributed by atoms with Crippen molar-refractivity contribution >= 4 is 6.03 Å². The van der Waals surface area contributed by atoms with Crippen LogP contribution in [0.2, 0.25) is 0 Å². The van der Waals surface area contributed by atoms with E-state index in [4.69, 9.17) is 0 Å². The van der Waals surface area contributed by atoms with Gasteiger partial charge in [-0.05, 0) is 38.0 Å². The van der Waals surface area contributed by atoms with Gasteiger partial charge in [0.15, 0.2) is 0 Å². The Morgan fingerprint density at radius 2 is 1.87 bits per heavy atom. The Morgan fingerprint density at radius 3 is 2.61 bits per heavy atom. The van der Waals surface area contributed by atoms with Gasteiger partial charge >= 0.3 is 6.03 Å². The van der Waals surface area contributed by atoms with Crippen molar-refractivity contribution < 1.29 is 18.7 Å². The molecular weight excluding hydrogens is 302 g/mol. The number of carbonyl (C=O) groups is 1. The van der Waals surface area contributed by atoms with Gasteiger partial charge < -0.3 is 15.3 Å². The molecule has 2 atom stereocenters. The van der Waals surface area contributed by atoms with Gasteiger partial charge in [-0.2, -0.15) is 0 Å². The predicted octanol–water partition coefficient (Wildman–Crippen LogP) is 3.15. The molecule has 2 saturated carbocycles. The molecule has 132 valence electrons. The summed E-state index contributed by atoms with van der Waals surface area (Å²) in [6.07, 6.45) is 5.52. The van der Waals surface area contributed by atoms with Crippen molar-refractivity contribution in [2.24, 2.45) is 11.8 Å². The number of rotatable bonds is 2. The predicted molar refractivity (Wildman–Crippen MR) is 83.4 cm³/mol. The Labute approximate surface area is 136 Å². The van der Waals surface area contributed by atoms with Crippen molar-refractivity contribution in [3.05, 3.63) is 0 Å². The second-order valence-corrected chi connectivity index (χ2v) is 7.73. The summed E-state index contributed by atoms with van der Waals surface area (Å²) in [5, 5.41) is 13.6. The maximum absolute atomic E-state index is 13.1. The summed E-state index contributed by atoms with van der Waals surface area (Å²) in [5.74, 6) is -2.17. The molecular formula is C17H28F2N2O2. The number of fused-ring (bicyclic) bond motifs is 1. The van der Waals surface area contributed by atoms with E-state index in [1.54, 1.807) is 4.90 Å². The molecule has 0 aromatic rings. The molecule has 3 aliphatic rings. The summed E-state index contributed by atoms with van der Waals surface area (Å²) >= 11 is 0. The lowest BCUT2D eigenvalue weighted by atomic mass is 9.71. The number of hydrogen-bond donors (Lipinski definition) is 2. The molecule has 23 heavy (non-hydrogen) atoms. The largest absolute Gasteiger partial charge is 0.389 e. The molecule has 0 aromatic carbocycles. The third-order valence-corrected chi connectivity index (χ3v) is 6.09. The molecule has 1 heterocycles. The Bertz CT molecular complexity index is 436. The van der Waals surface area contributed by atoms with Gasteiger partial charge in [0, 0.05) is 38.4 Å². The van der Waals surface area contributed by atoms with Crippen molar-refractivity contribution in [3.8, 4) is 0 Å². The van der Waals surface area contributed by atoms with E-state index in [-0.39, 0.29) is 30.7 Å². The van der Waals surface area contributed by atoms with E-state index in [2.05, 4.69) is 5.32 Å². The van der Waals surface area contributed by atoms with Gasteiger partial charge in [-0.3, -0.25) is 0 Å². The average Bonchev–Trinajstić information content (AvgIpc) is 2.52. The molecule has 1 saturated heterocycles. The lowest BCUT2D eigenvalue weighted by Gasteiger charge is -2.47. The van der Waals surface area contributed by atoms with Crippen LogP contribution in [-0.2, 0) is 0 Å². The summed E-state index contributed by atoms with van der Waals surface area (Å²) in [6, 6.07) is -0.102. The first-order valence-electron chi connectivity index (χ1n) is 9.01. The highest BCUT2D eigenvalue weighted by atomic mass is 19.3.